The molecule has 0 spiro atoms. The SMILES string of the molecule is CCOP(=O)(OCC)C(=[N+]=[N-])C(=O)O[C@H]1CCC[C@@]2(C)CCC=C(C)[C@H]12. The molecule has 0 N–H and O–H groups in total. The van der Waals surface area contributed by atoms with Gasteiger partial charge in [0.1, 0.15) is 6.10 Å². The fraction of sp³-hybridized carbons (Fsp3) is 0.778. The van der Waals surface area contributed by atoms with E-state index in [0.717, 1.165) is 32.1 Å². The van der Waals surface area contributed by atoms with Gasteiger partial charge < -0.3 is 19.3 Å². The number of nitrogens with zero attached hydrogens (tertiary/aromatic N) is 2. The number of carbonyl (C=O) groups is 1. The summed E-state index contributed by atoms with van der Waals surface area (Å²) in [5.74, 6) is -0.821. The third kappa shape index (κ3) is 4.17. The van der Waals surface area contributed by atoms with E-state index in [1.165, 1.54) is 5.57 Å². The first-order chi connectivity index (χ1) is 12.3. The monoisotopic (exact) mass is 384 g/mol. The van der Waals surface area contributed by atoms with Gasteiger partial charge in [0.2, 0.25) is 0 Å². The van der Waals surface area contributed by atoms with Gasteiger partial charge in [-0.1, -0.05) is 18.6 Å². The molecule has 0 bridgehead atoms. The molecule has 7 nitrogen and oxygen atoms in total. The van der Waals surface area contributed by atoms with Gasteiger partial charge in [0.05, 0.1) is 13.2 Å². The molecule has 146 valence electrons. The van der Waals surface area contributed by atoms with Crippen LogP contribution in [0.4, 0.5) is 0 Å². The van der Waals surface area contributed by atoms with Gasteiger partial charge in [0.25, 0.3) is 0 Å². The first-order valence-corrected chi connectivity index (χ1v) is 10.8. The second kappa shape index (κ2) is 8.62. The number of ether oxygens (including phenoxy) is 1. The van der Waals surface area contributed by atoms with Crippen molar-refractivity contribution in [2.75, 3.05) is 13.2 Å². The van der Waals surface area contributed by atoms with Crippen LogP contribution in [0.3, 0.4) is 0 Å². The summed E-state index contributed by atoms with van der Waals surface area (Å²) in [6.45, 7) is 7.65. The molecule has 8 heteroatoms. The van der Waals surface area contributed by atoms with Crippen LogP contribution >= 0.6 is 7.60 Å². The number of rotatable bonds is 7. The Kier molecular flexibility index (Phi) is 6.98. The van der Waals surface area contributed by atoms with Crippen LogP contribution in [-0.4, -0.2) is 35.5 Å². The van der Waals surface area contributed by atoms with Crippen molar-refractivity contribution in [3.63, 3.8) is 0 Å². The van der Waals surface area contributed by atoms with Crippen LogP contribution in [0, 0.1) is 11.3 Å². The second-order valence-electron chi connectivity index (χ2n) is 7.21. The Morgan fingerprint density at radius 3 is 2.58 bits per heavy atom. The predicted molar refractivity (Wildman–Crippen MR) is 97.8 cm³/mol. The summed E-state index contributed by atoms with van der Waals surface area (Å²) >= 11 is 0. The molecular weight excluding hydrogens is 355 g/mol. The predicted octanol–water partition coefficient (Wildman–Crippen LogP) is 4.34. The topological polar surface area (TPSA) is 98.2 Å². The Morgan fingerprint density at radius 1 is 1.35 bits per heavy atom. The number of fused-ring (bicyclic) bond motifs is 1. The average Bonchev–Trinajstić information content (AvgIpc) is 2.55. The molecule has 0 saturated heterocycles. The van der Waals surface area contributed by atoms with Crippen molar-refractivity contribution >= 4 is 19.0 Å². The lowest BCUT2D eigenvalue weighted by atomic mass is 9.59. The van der Waals surface area contributed by atoms with Gasteiger partial charge in [-0.2, -0.15) is 0 Å². The van der Waals surface area contributed by atoms with Crippen LogP contribution in [-0.2, 0) is 23.1 Å². The summed E-state index contributed by atoms with van der Waals surface area (Å²) in [5.41, 5.74) is 9.91. The maximum atomic E-state index is 12.8. The van der Waals surface area contributed by atoms with Gasteiger partial charge in [-0.05, 0) is 58.3 Å². The maximum Gasteiger partial charge on any atom is 0.484 e. The van der Waals surface area contributed by atoms with Gasteiger partial charge >= 0.3 is 19.0 Å². The zero-order valence-corrected chi connectivity index (χ0v) is 17.0. The van der Waals surface area contributed by atoms with E-state index < -0.39 is 19.0 Å². The van der Waals surface area contributed by atoms with E-state index in [-0.39, 0.29) is 30.7 Å². The van der Waals surface area contributed by atoms with E-state index in [9.17, 15) is 14.9 Å². The number of hydrogen-bond donors (Lipinski definition) is 0. The summed E-state index contributed by atoms with van der Waals surface area (Å²) in [6.07, 6.45) is 6.72. The van der Waals surface area contributed by atoms with Gasteiger partial charge in [0, 0.05) is 5.92 Å². The second-order valence-corrected chi connectivity index (χ2v) is 9.15. The fourth-order valence-electron chi connectivity index (χ4n) is 4.38. The first-order valence-electron chi connectivity index (χ1n) is 9.30. The van der Waals surface area contributed by atoms with E-state index >= 15 is 0 Å². The van der Waals surface area contributed by atoms with Crippen LogP contribution in [0.2, 0.25) is 0 Å². The number of allylic oxidation sites excluding steroid dienone is 1. The van der Waals surface area contributed by atoms with Crippen molar-refractivity contribution < 1.29 is 27.9 Å². The molecule has 0 aromatic carbocycles. The van der Waals surface area contributed by atoms with Crippen molar-refractivity contribution in [2.45, 2.75) is 65.9 Å². The molecule has 0 radical (unpaired) electrons. The Hall–Kier alpha value is -1.26. The van der Waals surface area contributed by atoms with Crippen molar-refractivity contribution in [3.05, 3.63) is 17.2 Å². The number of hydrogen-bond acceptors (Lipinski definition) is 5. The van der Waals surface area contributed by atoms with Crippen LogP contribution in [0.25, 0.3) is 5.53 Å². The van der Waals surface area contributed by atoms with Gasteiger partial charge in [0.15, 0.2) is 0 Å². The summed E-state index contributed by atoms with van der Waals surface area (Å²) < 4.78 is 28.7. The van der Waals surface area contributed by atoms with Crippen molar-refractivity contribution in [2.24, 2.45) is 11.3 Å². The Morgan fingerprint density at radius 2 is 2.00 bits per heavy atom. The average molecular weight is 384 g/mol. The highest BCUT2D eigenvalue weighted by atomic mass is 31.2. The highest BCUT2D eigenvalue weighted by molar-refractivity contribution is 7.74. The van der Waals surface area contributed by atoms with Crippen molar-refractivity contribution in [1.82, 2.24) is 0 Å². The third-order valence-corrected chi connectivity index (χ3v) is 7.41. The molecule has 1 saturated carbocycles. The Labute approximate surface area is 155 Å². The minimum Gasteiger partial charge on any atom is -0.453 e. The van der Waals surface area contributed by atoms with Crippen molar-refractivity contribution in [3.8, 4) is 0 Å². The van der Waals surface area contributed by atoms with Gasteiger partial charge in [-0.3, -0.25) is 0 Å². The molecule has 3 atom stereocenters. The minimum atomic E-state index is -4.01. The molecule has 2 aliphatic rings. The quantitative estimate of drug-likeness (QED) is 0.162. The molecule has 0 heterocycles. The first kappa shape index (κ1) is 21.0. The number of carbonyl (C=O) groups excluding carboxylic acids is 1. The van der Waals surface area contributed by atoms with E-state index in [1.54, 1.807) is 13.8 Å². The minimum absolute atomic E-state index is 0.0511. The van der Waals surface area contributed by atoms with Crippen LogP contribution in [0.15, 0.2) is 11.6 Å². The van der Waals surface area contributed by atoms with Crippen LogP contribution in [0.5, 0.6) is 0 Å². The Bertz CT molecular complexity index is 660. The van der Waals surface area contributed by atoms with E-state index in [2.05, 4.69) is 24.7 Å². The smallest absolute Gasteiger partial charge is 0.453 e. The molecule has 2 rings (SSSR count). The molecule has 1 fully saturated rings. The van der Waals surface area contributed by atoms with Gasteiger partial charge in [-0.15, -0.1) is 4.79 Å². The lowest BCUT2D eigenvalue weighted by Crippen LogP contribution is -2.45. The zero-order chi connectivity index (χ0) is 19.4. The highest BCUT2D eigenvalue weighted by Gasteiger charge is 2.51. The molecule has 0 amide bonds. The molecule has 0 aromatic heterocycles. The largest absolute Gasteiger partial charge is 0.484 e. The summed E-state index contributed by atoms with van der Waals surface area (Å²) in [4.78, 5) is 15.6. The molecule has 0 aliphatic heterocycles. The van der Waals surface area contributed by atoms with Crippen molar-refractivity contribution in [1.29, 1.82) is 0 Å². The third-order valence-electron chi connectivity index (χ3n) is 5.42. The molecule has 0 aromatic rings. The molecule has 0 unspecified atom stereocenters. The van der Waals surface area contributed by atoms with E-state index in [0.29, 0.717) is 0 Å². The summed E-state index contributed by atoms with van der Waals surface area (Å²) in [6, 6.07) is 0. The molecule has 26 heavy (non-hydrogen) atoms. The lowest BCUT2D eigenvalue weighted by Gasteiger charge is -2.48. The van der Waals surface area contributed by atoms with Crippen LogP contribution < -0.4 is 0 Å². The summed E-state index contributed by atoms with van der Waals surface area (Å²) in [7, 11) is -4.01. The van der Waals surface area contributed by atoms with E-state index in [1.807, 2.05) is 0 Å². The van der Waals surface area contributed by atoms with E-state index in [4.69, 9.17) is 13.8 Å². The van der Waals surface area contributed by atoms with Gasteiger partial charge in [-0.25, -0.2) is 9.36 Å². The zero-order valence-electron chi connectivity index (χ0n) is 16.1. The maximum absolute atomic E-state index is 12.8. The standard InChI is InChI=1S/C18H29N2O5P/c1-5-23-26(22,24-6-2)16(20-19)17(21)25-14-10-8-12-18(4)11-7-9-13(3)15(14)18/h9,14-15H,5-8,10-12H2,1-4H3/t14-,15+,18+/m0/s1. The molecule has 2 aliphatic carbocycles. The van der Waals surface area contributed by atoms with Crippen LogP contribution in [0.1, 0.15) is 59.8 Å². The lowest BCUT2D eigenvalue weighted by molar-refractivity contribution is -0.152. The summed E-state index contributed by atoms with van der Waals surface area (Å²) in [5, 5.41) is 0. The Balaban J connectivity index is 2.24. The number of esters is 1. The highest BCUT2D eigenvalue weighted by Crippen LogP contribution is 2.52. The fourth-order valence-corrected chi connectivity index (χ4v) is 5.77. The normalized spacial score (nSPS) is 28.5. The molecular formula is C18H29N2O5P.